The summed E-state index contributed by atoms with van der Waals surface area (Å²) >= 11 is 0. The van der Waals surface area contributed by atoms with E-state index in [0.717, 1.165) is 44.8 Å². The van der Waals surface area contributed by atoms with E-state index in [1.165, 1.54) is 0 Å². The first-order valence-electron chi connectivity index (χ1n) is 12.1. The zero-order valence-electron chi connectivity index (χ0n) is 21.2. The van der Waals surface area contributed by atoms with E-state index in [9.17, 15) is 9.59 Å². The summed E-state index contributed by atoms with van der Waals surface area (Å²) in [5, 5.41) is 0. The standard InChI is InChI=1S/C30H32N2O4/c1-19-21(3)27(29(33)35-17-23-11-7-5-8-12-23)31-25(19)15-16-26-20(2)22(4)28(32-26)30(34)36-18-24-13-9-6-10-14-24/h5-14,31-32H,15-18H2,1-4H3. The molecule has 2 N–H and O–H groups in total. The van der Waals surface area contributed by atoms with Crippen molar-refractivity contribution in [3.8, 4) is 0 Å². The van der Waals surface area contributed by atoms with Crippen LogP contribution in [0.15, 0.2) is 60.7 Å². The van der Waals surface area contributed by atoms with Gasteiger partial charge >= 0.3 is 11.9 Å². The Morgan fingerprint density at radius 2 is 0.944 bits per heavy atom. The molecule has 0 aliphatic heterocycles. The highest BCUT2D eigenvalue weighted by atomic mass is 16.5. The summed E-state index contributed by atoms with van der Waals surface area (Å²) < 4.78 is 11.0. The molecule has 0 aliphatic rings. The Hall–Kier alpha value is -4.06. The lowest BCUT2D eigenvalue weighted by Gasteiger charge is -2.04. The third-order valence-corrected chi connectivity index (χ3v) is 6.79. The summed E-state index contributed by atoms with van der Waals surface area (Å²) in [5.74, 6) is -0.720. The molecule has 0 bridgehead atoms. The number of carbonyl (C=O) groups excluding carboxylic acids is 2. The van der Waals surface area contributed by atoms with Gasteiger partial charge in [-0.25, -0.2) is 9.59 Å². The fraction of sp³-hybridized carbons (Fsp3) is 0.267. The van der Waals surface area contributed by atoms with Gasteiger partial charge in [0.2, 0.25) is 0 Å². The van der Waals surface area contributed by atoms with Crippen molar-refractivity contribution in [1.29, 1.82) is 0 Å². The van der Waals surface area contributed by atoms with Gasteiger partial charge in [0.25, 0.3) is 0 Å². The number of H-pyrrole nitrogens is 2. The molecular weight excluding hydrogens is 452 g/mol. The van der Waals surface area contributed by atoms with Crippen LogP contribution in [-0.4, -0.2) is 21.9 Å². The number of hydrogen-bond acceptors (Lipinski definition) is 4. The molecule has 36 heavy (non-hydrogen) atoms. The minimum absolute atomic E-state index is 0.233. The van der Waals surface area contributed by atoms with Crippen LogP contribution in [0.4, 0.5) is 0 Å². The molecule has 4 aromatic rings. The second-order valence-electron chi connectivity index (χ2n) is 9.08. The number of hydrogen-bond donors (Lipinski definition) is 2. The Morgan fingerprint density at radius 1 is 0.583 bits per heavy atom. The van der Waals surface area contributed by atoms with Crippen molar-refractivity contribution in [2.24, 2.45) is 0 Å². The number of nitrogens with one attached hydrogen (secondary N) is 2. The molecule has 2 aromatic carbocycles. The van der Waals surface area contributed by atoms with Crippen LogP contribution in [-0.2, 0) is 35.5 Å². The van der Waals surface area contributed by atoms with Gasteiger partial charge in [-0.05, 0) is 73.9 Å². The van der Waals surface area contributed by atoms with Crippen molar-refractivity contribution in [2.45, 2.75) is 53.8 Å². The smallest absolute Gasteiger partial charge is 0.355 e. The predicted octanol–water partition coefficient (Wildman–Crippen LogP) is 6.08. The summed E-state index contributed by atoms with van der Waals surface area (Å²) in [7, 11) is 0. The van der Waals surface area contributed by atoms with Crippen LogP contribution in [0.1, 0.15) is 65.7 Å². The van der Waals surface area contributed by atoms with Gasteiger partial charge in [-0.1, -0.05) is 60.7 Å². The number of ether oxygens (including phenoxy) is 2. The van der Waals surface area contributed by atoms with Crippen molar-refractivity contribution >= 4 is 11.9 Å². The molecule has 6 nitrogen and oxygen atoms in total. The van der Waals surface area contributed by atoms with Gasteiger partial charge in [-0.2, -0.15) is 0 Å². The monoisotopic (exact) mass is 484 g/mol. The van der Waals surface area contributed by atoms with Crippen LogP contribution in [0.25, 0.3) is 0 Å². The van der Waals surface area contributed by atoms with Crippen LogP contribution >= 0.6 is 0 Å². The van der Waals surface area contributed by atoms with E-state index in [4.69, 9.17) is 9.47 Å². The lowest BCUT2D eigenvalue weighted by molar-refractivity contribution is 0.0456. The maximum Gasteiger partial charge on any atom is 0.355 e. The molecule has 0 saturated heterocycles. The lowest BCUT2D eigenvalue weighted by atomic mass is 10.1. The number of aromatic nitrogens is 2. The Kier molecular flexibility index (Phi) is 7.74. The van der Waals surface area contributed by atoms with Crippen LogP contribution < -0.4 is 0 Å². The first-order chi connectivity index (χ1) is 17.3. The molecule has 0 fully saturated rings. The first-order valence-corrected chi connectivity index (χ1v) is 12.1. The van der Waals surface area contributed by atoms with Gasteiger partial charge < -0.3 is 19.4 Å². The highest BCUT2D eigenvalue weighted by molar-refractivity contribution is 5.90. The largest absolute Gasteiger partial charge is 0.456 e. The highest BCUT2D eigenvalue weighted by Crippen LogP contribution is 2.23. The van der Waals surface area contributed by atoms with Gasteiger partial charge in [-0.15, -0.1) is 0 Å². The van der Waals surface area contributed by atoms with Crippen molar-refractivity contribution in [3.05, 3.63) is 117 Å². The molecule has 2 aromatic heterocycles. The molecule has 0 atom stereocenters. The fourth-order valence-electron chi connectivity index (χ4n) is 4.25. The molecule has 0 aliphatic carbocycles. The SMILES string of the molecule is Cc1c(CCc2[nH]c(C(=O)OCc3ccccc3)c(C)c2C)[nH]c(C(=O)OCc2ccccc2)c1C. The summed E-state index contributed by atoms with van der Waals surface area (Å²) in [6.45, 7) is 8.34. The zero-order valence-corrected chi connectivity index (χ0v) is 21.2. The molecule has 2 heterocycles. The van der Waals surface area contributed by atoms with E-state index in [0.29, 0.717) is 24.2 Å². The number of benzene rings is 2. The number of rotatable bonds is 9. The number of aromatic amines is 2. The Labute approximate surface area is 211 Å². The van der Waals surface area contributed by atoms with E-state index in [-0.39, 0.29) is 25.2 Å². The third kappa shape index (κ3) is 5.60. The van der Waals surface area contributed by atoms with Crippen LogP contribution in [0.3, 0.4) is 0 Å². The quantitative estimate of drug-likeness (QED) is 0.282. The van der Waals surface area contributed by atoms with E-state index in [2.05, 4.69) is 9.97 Å². The minimum Gasteiger partial charge on any atom is -0.456 e. The zero-order chi connectivity index (χ0) is 25.7. The molecule has 186 valence electrons. The normalized spacial score (nSPS) is 10.9. The number of carbonyl (C=O) groups is 2. The van der Waals surface area contributed by atoms with Gasteiger partial charge in [-0.3, -0.25) is 0 Å². The first kappa shape index (κ1) is 25.0. The van der Waals surface area contributed by atoms with Crippen LogP contribution in [0, 0.1) is 27.7 Å². The summed E-state index contributed by atoms with van der Waals surface area (Å²) in [6, 6.07) is 19.3. The van der Waals surface area contributed by atoms with E-state index < -0.39 is 0 Å². The molecule has 0 unspecified atom stereocenters. The van der Waals surface area contributed by atoms with Crippen molar-refractivity contribution in [2.75, 3.05) is 0 Å². The van der Waals surface area contributed by atoms with E-state index in [1.54, 1.807) is 0 Å². The Bertz CT molecular complexity index is 1250. The second kappa shape index (κ2) is 11.1. The summed E-state index contributed by atoms with van der Waals surface area (Å²) in [4.78, 5) is 32.0. The van der Waals surface area contributed by atoms with Gasteiger partial charge in [0.05, 0.1) is 0 Å². The average Bonchev–Trinajstić information content (AvgIpc) is 3.35. The molecule has 6 heteroatoms. The van der Waals surface area contributed by atoms with Gasteiger partial charge in [0.15, 0.2) is 0 Å². The minimum atomic E-state index is -0.360. The Balaban J connectivity index is 1.40. The molecule has 0 amide bonds. The van der Waals surface area contributed by atoms with Gasteiger partial charge in [0.1, 0.15) is 24.6 Å². The number of aryl methyl sites for hydroxylation is 2. The highest BCUT2D eigenvalue weighted by Gasteiger charge is 2.21. The van der Waals surface area contributed by atoms with Crippen molar-refractivity contribution < 1.29 is 19.1 Å². The molecule has 0 radical (unpaired) electrons. The molecule has 0 spiro atoms. The predicted molar refractivity (Wildman–Crippen MR) is 139 cm³/mol. The molecule has 0 saturated carbocycles. The fourth-order valence-corrected chi connectivity index (χ4v) is 4.25. The lowest BCUT2D eigenvalue weighted by Crippen LogP contribution is -2.08. The summed E-state index contributed by atoms with van der Waals surface area (Å²) in [6.07, 6.45) is 1.38. The van der Waals surface area contributed by atoms with Crippen LogP contribution in [0.5, 0.6) is 0 Å². The van der Waals surface area contributed by atoms with E-state index >= 15 is 0 Å². The summed E-state index contributed by atoms with van der Waals surface area (Å²) in [5.41, 5.74) is 8.73. The van der Waals surface area contributed by atoms with Crippen LogP contribution in [0.2, 0.25) is 0 Å². The molecule has 4 rings (SSSR count). The van der Waals surface area contributed by atoms with Crippen molar-refractivity contribution in [3.63, 3.8) is 0 Å². The van der Waals surface area contributed by atoms with Gasteiger partial charge in [0, 0.05) is 11.4 Å². The van der Waals surface area contributed by atoms with E-state index in [1.807, 2.05) is 88.4 Å². The average molecular weight is 485 g/mol. The maximum absolute atomic E-state index is 12.7. The number of esters is 2. The Morgan fingerprint density at radius 3 is 1.31 bits per heavy atom. The topological polar surface area (TPSA) is 84.2 Å². The second-order valence-corrected chi connectivity index (χ2v) is 9.08. The third-order valence-electron chi connectivity index (χ3n) is 6.79. The maximum atomic E-state index is 12.7. The molecular formula is C30H32N2O4. The van der Waals surface area contributed by atoms with Crippen molar-refractivity contribution in [1.82, 2.24) is 9.97 Å².